The van der Waals surface area contributed by atoms with Gasteiger partial charge in [-0.15, -0.1) is 0 Å². The zero-order chi connectivity index (χ0) is 18.7. The van der Waals surface area contributed by atoms with Crippen molar-refractivity contribution in [2.24, 2.45) is 0 Å². The second kappa shape index (κ2) is 7.69. The largest absolute Gasteiger partial charge is 0.463 e. The minimum atomic E-state index is -2.29. The summed E-state index contributed by atoms with van der Waals surface area (Å²) in [5, 5.41) is 19.9. The van der Waals surface area contributed by atoms with Gasteiger partial charge in [0, 0.05) is 20.8 Å². The van der Waals surface area contributed by atoms with Gasteiger partial charge in [-0.3, -0.25) is 19.2 Å². The molecule has 0 radical (unpaired) electrons. The van der Waals surface area contributed by atoms with Crippen molar-refractivity contribution >= 4 is 23.7 Å². The van der Waals surface area contributed by atoms with Crippen LogP contribution in [0.2, 0.25) is 0 Å². The predicted octanol–water partition coefficient (Wildman–Crippen LogP) is -1.55. The van der Waals surface area contributed by atoms with E-state index in [1.165, 1.54) is 0 Å². The van der Waals surface area contributed by atoms with Crippen LogP contribution in [0, 0.1) is 0 Å². The Bertz CT molecular complexity index is 530. The molecule has 0 aromatic heterocycles. The van der Waals surface area contributed by atoms with Crippen LogP contribution in [-0.4, -0.2) is 70.7 Å². The number of carbonyl (C=O) groups excluding carboxylic acids is 4. The van der Waals surface area contributed by atoms with E-state index in [4.69, 9.17) is 18.9 Å². The van der Waals surface area contributed by atoms with Crippen LogP contribution in [0.25, 0.3) is 0 Å². The summed E-state index contributed by atoms with van der Waals surface area (Å²) in [5.74, 6) is -3.37. The monoisotopic (exact) mass is 348 g/mol. The number of carbonyl (C=O) groups is 4. The molecule has 1 fully saturated rings. The highest BCUT2D eigenvalue weighted by Crippen LogP contribution is 2.36. The number of aliphatic hydroxyl groups is 2. The third-order valence-corrected chi connectivity index (χ3v) is 3.40. The maximum Gasteiger partial charge on any atom is 0.303 e. The van der Waals surface area contributed by atoms with Gasteiger partial charge in [0.25, 0.3) is 0 Å². The standard InChI is InChI=1S/C14H20O10/c1-6(15)14(24-9(4)18)10(5-21-7(2)16)23-13(20)11(19)12(14)22-8(3)17/h10-13,19-20H,5H2,1-4H3/t10-,11+,12-,13+,14-/m1/s1. The molecule has 1 heterocycles. The van der Waals surface area contributed by atoms with Gasteiger partial charge in [-0.25, -0.2) is 0 Å². The Morgan fingerprint density at radius 3 is 2.00 bits per heavy atom. The van der Waals surface area contributed by atoms with Crippen LogP contribution >= 0.6 is 0 Å². The van der Waals surface area contributed by atoms with Crippen LogP contribution in [0.5, 0.6) is 0 Å². The van der Waals surface area contributed by atoms with Crippen LogP contribution in [-0.2, 0) is 38.1 Å². The molecule has 1 rings (SSSR count). The lowest BCUT2D eigenvalue weighted by Gasteiger charge is -2.48. The van der Waals surface area contributed by atoms with E-state index in [2.05, 4.69) is 0 Å². The van der Waals surface area contributed by atoms with Gasteiger partial charge in [-0.2, -0.15) is 0 Å². The van der Waals surface area contributed by atoms with Gasteiger partial charge in [-0.1, -0.05) is 0 Å². The molecule has 24 heavy (non-hydrogen) atoms. The first-order chi connectivity index (χ1) is 11.0. The van der Waals surface area contributed by atoms with Gasteiger partial charge in [0.2, 0.25) is 5.60 Å². The van der Waals surface area contributed by atoms with E-state index >= 15 is 0 Å². The normalized spacial score (nSPS) is 32.6. The van der Waals surface area contributed by atoms with Gasteiger partial charge < -0.3 is 29.2 Å². The average molecular weight is 348 g/mol. The molecule has 0 aliphatic carbocycles. The molecule has 1 aliphatic rings. The van der Waals surface area contributed by atoms with Crippen molar-refractivity contribution in [1.82, 2.24) is 0 Å². The van der Waals surface area contributed by atoms with E-state index in [0.717, 1.165) is 27.7 Å². The van der Waals surface area contributed by atoms with Gasteiger partial charge in [0.05, 0.1) is 0 Å². The minimum Gasteiger partial charge on any atom is -0.463 e. The molecule has 1 saturated heterocycles. The van der Waals surface area contributed by atoms with Crippen molar-refractivity contribution in [3.8, 4) is 0 Å². The highest BCUT2D eigenvalue weighted by Gasteiger charge is 2.63. The number of ether oxygens (including phenoxy) is 4. The second-order valence-corrected chi connectivity index (χ2v) is 5.28. The van der Waals surface area contributed by atoms with Crippen molar-refractivity contribution in [2.45, 2.75) is 57.9 Å². The fourth-order valence-corrected chi connectivity index (χ4v) is 2.49. The summed E-state index contributed by atoms with van der Waals surface area (Å²) in [7, 11) is 0. The van der Waals surface area contributed by atoms with E-state index in [-0.39, 0.29) is 0 Å². The third kappa shape index (κ3) is 4.08. The summed E-state index contributed by atoms with van der Waals surface area (Å²) in [4.78, 5) is 46.1. The Labute approximate surface area is 137 Å². The number of aliphatic hydroxyl groups excluding tert-OH is 2. The number of hydrogen-bond acceptors (Lipinski definition) is 10. The molecule has 0 spiro atoms. The van der Waals surface area contributed by atoms with E-state index in [1.807, 2.05) is 0 Å². The number of rotatable bonds is 5. The highest BCUT2D eigenvalue weighted by molar-refractivity contribution is 5.90. The quantitative estimate of drug-likeness (QED) is 0.442. The van der Waals surface area contributed by atoms with E-state index in [0.29, 0.717) is 0 Å². The van der Waals surface area contributed by atoms with Crippen molar-refractivity contribution in [3.63, 3.8) is 0 Å². The first kappa shape index (κ1) is 20.0. The molecule has 0 aromatic carbocycles. The summed E-state index contributed by atoms with van der Waals surface area (Å²) >= 11 is 0. The van der Waals surface area contributed by atoms with Crippen LogP contribution in [0.3, 0.4) is 0 Å². The Kier molecular flexibility index (Phi) is 6.41. The summed E-state index contributed by atoms with van der Waals surface area (Å²) in [6.45, 7) is 3.54. The topological polar surface area (TPSA) is 146 Å². The highest BCUT2D eigenvalue weighted by atomic mass is 16.7. The second-order valence-electron chi connectivity index (χ2n) is 5.28. The molecular weight excluding hydrogens is 328 g/mol. The molecule has 10 nitrogen and oxygen atoms in total. The molecule has 136 valence electrons. The van der Waals surface area contributed by atoms with Crippen LogP contribution in [0.1, 0.15) is 27.7 Å². The maximum atomic E-state index is 12.3. The molecule has 1 aliphatic heterocycles. The summed E-state index contributed by atoms with van der Waals surface area (Å²) < 4.78 is 19.8. The maximum absolute atomic E-state index is 12.3. The van der Waals surface area contributed by atoms with Crippen molar-refractivity contribution in [3.05, 3.63) is 0 Å². The van der Waals surface area contributed by atoms with Crippen molar-refractivity contribution in [2.75, 3.05) is 6.61 Å². The zero-order valence-corrected chi connectivity index (χ0v) is 13.7. The third-order valence-electron chi connectivity index (χ3n) is 3.40. The Morgan fingerprint density at radius 1 is 1.00 bits per heavy atom. The molecule has 0 unspecified atom stereocenters. The lowest BCUT2D eigenvalue weighted by Crippen LogP contribution is -2.72. The number of Topliss-reactive ketones (excluding diaryl/α,β-unsaturated/α-hetero) is 1. The Morgan fingerprint density at radius 2 is 1.58 bits per heavy atom. The van der Waals surface area contributed by atoms with Crippen LogP contribution in [0.15, 0.2) is 0 Å². The molecular formula is C14H20O10. The summed E-state index contributed by atoms with van der Waals surface area (Å²) in [6, 6.07) is 0. The Hall–Kier alpha value is -2.04. The average Bonchev–Trinajstić information content (AvgIpc) is 2.43. The molecule has 0 aromatic rings. The molecule has 0 bridgehead atoms. The fraction of sp³-hybridized carbons (Fsp3) is 0.714. The van der Waals surface area contributed by atoms with Gasteiger partial charge >= 0.3 is 17.9 Å². The lowest BCUT2D eigenvalue weighted by molar-refractivity contribution is -0.315. The molecule has 2 N–H and O–H groups in total. The molecule has 0 amide bonds. The first-order valence-corrected chi connectivity index (χ1v) is 7.05. The fourth-order valence-electron chi connectivity index (χ4n) is 2.49. The van der Waals surface area contributed by atoms with E-state index in [1.54, 1.807) is 0 Å². The Balaban J connectivity index is 3.40. The van der Waals surface area contributed by atoms with Gasteiger partial charge in [0.1, 0.15) is 18.8 Å². The number of hydrogen-bond donors (Lipinski definition) is 2. The zero-order valence-electron chi connectivity index (χ0n) is 13.7. The van der Waals surface area contributed by atoms with Gasteiger partial charge in [0.15, 0.2) is 18.2 Å². The van der Waals surface area contributed by atoms with Crippen molar-refractivity contribution < 1.29 is 48.3 Å². The van der Waals surface area contributed by atoms with E-state index in [9.17, 15) is 29.4 Å². The lowest BCUT2D eigenvalue weighted by atomic mass is 9.80. The van der Waals surface area contributed by atoms with Crippen molar-refractivity contribution in [1.29, 1.82) is 0 Å². The molecule has 0 saturated carbocycles. The van der Waals surface area contributed by atoms with Gasteiger partial charge in [-0.05, 0) is 6.92 Å². The number of esters is 3. The summed E-state index contributed by atoms with van der Waals surface area (Å²) in [5.41, 5.74) is -2.29. The SMILES string of the molecule is CC(=O)OC[C@H]1O[C@H](O)[C@@H](O)[C@@H](OC(C)=O)[C@@]1(OC(C)=O)C(C)=O. The molecule has 10 heteroatoms. The predicted molar refractivity (Wildman–Crippen MR) is 74.3 cm³/mol. The smallest absolute Gasteiger partial charge is 0.303 e. The van der Waals surface area contributed by atoms with Crippen LogP contribution < -0.4 is 0 Å². The molecule has 5 atom stereocenters. The van der Waals surface area contributed by atoms with E-state index < -0.39 is 60.5 Å². The summed E-state index contributed by atoms with van der Waals surface area (Å²) in [6.07, 6.45) is -6.98. The first-order valence-electron chi connectivity index (χ1n) is 7.05. The van der Waals surface area contributed by atoms with Crippen LogP contribution in [0.4, 0.5) is 0 Å². The minimum absolute atomic E-state index is 0.580. The number of ketones is 1.